The fraction of sp³-hybridized carbons (Fsp3) is 0.200. The molecule has 39 heavy (non-hydrogen) atoms. The molecule has 2 aromatic carbocycles. The normalized spacial score (nSPS) is 15.1. The van der Waals surface area contributed by atoms with Gasteiger partial charge in [-0.15, -0.1) is 0 Å². The number of carbonyl (C=O) groups is 3. The maximum absolute atomic E-state index is 14.7. The van der Waals surface area contributed by atoms with Crippen molar-refractivity contribution in [1.29, 1.82) is 0 Å². The number of H-pyrrole nitrogens is 1. The first-order valence-corrected chi connectivity index (χ1v) is 11.9. The number of nitrogens with one attached hydrogen (secondary N) is 5. The minimum Gasteiger partial charge on any atom is -0.462 e. The van der Waals surface area contributed by atoms with Gasteiger partial charge in [-0.2, -0.15) is 10.1 Å². The number of hydrogen-bond acceptors (Lipinski definition) is 8. The lowest BCUT2D eigenvalue weighted by Gasteiger charge is -2.29. The molecule has 200 valence electrons. The van der Waals surface area contributed by atoms with E-state index in [0.717, 1.165) is 17.0 Å². The number of benzene rings is 2. The van der Waals surface area contributed by atoms with E-state index in [-0.39, 0.29) is 29.6 Å². The van der Waals surface area contributed by atoms with E-state index in [0.29, 0.717) is 23.6 Å². The number of amides is 4. The molecule has 0 radical (unpaired) electrons. The number of anilines is 1. The summed E-state index contributed by atoms with van der Waals surface area (Å²) < 4.78 is 24.8. The first kappa shape index (κ1) is 25.4. The molecule has 1 aliphatic heterocycles. The molecule has 0 aliphatic carbocycles. The molecule has 1 atom stereocenters. The van der Waals surface area contributed by atoms with Crippen molar-refractivity contribution in [2.24, 2.45) is 0 Å². The minimum atomic E-state index is -0.965. The second-order valence-electron chi connectivity index (χ2n) is 8.52. The average molecular weight is 535 g/mol. The molecular weight excluding hydrogens is 511 g/mol. The molecule has 1 aliphatic rings. The van der Waals surface area contributed by atoms with E-state index in [1.807, 2.05) is 0 Å². The van der Waals surface area contributed by atoms with Crippen LogP contribution in [0.2, 0.25) is 0 Å². The van der Waals surface area contributed by atoms with Crippen LogP contribution in [0.1, 0.15) is 41.7 Å². The van der Waals surface area contributed by atoms with Crippen molar-refractivity contribution in [3.8, 4) is 6.01 Å². The number of urea groups is 1. The van der Waals surface area contributed by atoms with Gasteiger partial charge in [0, 0.05) is 16.8 Å². The molecule has 4 aromatic rings. The van der Waals surface area contributed by atoms with Crippen LogP contribution < -0.4 is 26.0 Å². The summed E-state index contributed by atoms with van der Waals surface area (Å²) in [6.45, 7) is 3.51. The van der Waals surface area contributed by atoms with Crippen LogP contribution in [0.5, 0.6) is 6.01 Å². The van der Waals surface area contributed by atoms with Gasteiger partial charge in [0.15, 0.2) is 0 Å². The molecule has 0 saturated carbocycles. The van der Waals surface area contributed by atoms with Gasteiger partial charge in [-0.1, -0.05) is 6.07 Å². The third-order valence-electron chi connectivity index (χ3n) is 5.90. The maximum atomic E-state index is 14.7. The highest BCUT2D eigenvalue weighted by atomic mass is 19.1. The van der Waals surface area contributed by atoms with E-state index < -0.39 is 29.7 Å². The summed E-state index contributed by atoms with van der Waals surface area (Å²) in [5, 5.41) is 21.8. The molecule has 0 saturated heterocycles. The summed E-state index contributed by atoms with van der Waals surface area (Å²) in [6, 6.07) is 7.50. The largest absolute Gasteiger partial charge is 0.462 e. The Balaban J connectivity index is 1.37. The SMILES string of the molecule is CCOc1noc(CNC(=O)c2cc(C3NC(=O)NC(C)=C3C(=O)Nc3ccc4[nH]ncc4c3)ccc2F)n1. The molecule has 3 heterocycles. The number of carbonyl (C=O) groups excluding carboxylic acids is 3. The summed E-state index contributed by atoms with van der Waals surface area (Å²) in [5.41, 5.74) is 1.84. The molecule has 0 spiro atoms. The molecule has 5 rings (SSSR count). The number of rotatable bonds is 8. The van der Waals surface area contributed by atoms with Crippen LogP contribution in [-0.2, 0) is 11.3 Å². The highest BCUT2D eigenvalue weighted by Gasteiger charge is 2.32. The zero-order chi connectivity index (χ0) is 27.5. The topological polar surface area (TPSA) is 176 Å². The summed E-state index contributed by atoms with van der Waals surface area (Å²) >= 11 is 0. The number of fused-ring (bicyclic) bond motifs is 1. The Hall–Kier alpha value is -5.27. The van der Waals surface area contributed by atoms with Crippen LogP contribution in [0.3, 0.4) is 0 Å². The summed E-state index contributed by atoms with van der Waals surface area (Å²) in [7, 11) is 0. The van der Waals surface area contributed by atoms with E-state index in [4.69, 9.17) is 9.26 Å². The Bertz CT molecular complexity index is 1610. The van der Waals surface area contributed by atoms with Crippen LogP contribution >= 0.6 is 0 Å². The Morgan fingerprint density at radius 1 is 1.18 bits per heavy atom. The van der Waals surface area contributed by atoms with Crippen molar-refractivity contribution < 1.29 is 28.0 Å². The molecule has 0 bridgehead atoms. The van der Waals surface area contributed by atoms with E-state index in [1.54, 1.807) is 38.2 Å². The fourth-order valence-electron chi connectivity index (χ4n) is 4.11. The minimum absolute atomic E-state index is 0.0224. The lowest BCUT2D eigenvalue weighted by molar-refractivity contribution is -0.113. The Morgan fingerprint density at radius 3 is 2.85 bits per heavy atom. The van der Waals surface area contributed by atoms with Crippen LogP contribution in [0.4, 0.5) is 14.9 Å². The standard InChI is InChI=1S/C25H23FN8O5/c1-3-38-25-31-19(39-34-25)11-27-22(35)16-9-13(4-6-17(16)26)21-20(12(2)29-24(37)32-21)23(36)30-15-5-7-18-14(8-15)10-28-33-18/h4-10,21H,3,11H2,1-2H3,(H,27,35)(H,28,33)(H,30,36)(H2,29,32,37). The van der Waals surface area contributed by atoms with Crippen molar-refractivity contribution in [2.45, 2.75) is 26.4 Å². The predicted octanol–water partition coefficient (Wildman–Crippen LogP) is 2.68. The molecule has 1 unspecified atom stereocenters. The fourth-order valence-corrected chi connectivity index (χ4v) is 4.11. The molecule has 4 amide bonds. The summed E-state index contributed by atoms with van der Waals surface area (Å²) in [4.78, 5) is 42.4. The van der Waals surface area contributed by atoms with Gasteiger partial charge in [0.25, 0.3) is 11.8 Å². The van der Waals surface area contributed by atoms with Crippen molar-refractivity contribution in [1.82, 2.24) is 36.3 Å². The van der Waals surface area contributed by atoms with Crippen LogP contribution in [0, 0.1) is 5.82 Å². The van der Waals surface area contributed by atoms with Gasteiger partial charge in [-0.3, -0.25) is 14.7 Å². The molecule has 2 aromatic heterocycles. The molecule has 14 heteroatoms. The number of aromatic nitrogens is 4. The van der Waals surface area contributed by atoms with Gasteiger partial charge in [0.05, 0.1) is 42.0 Å². The average Bonchev–Trinajstić information content (AvgIpc) is 3.56. The van der Waals surface area contributed by atoms with E-state index in [9.17, 15) is 18.8 Å². The smallest absolute Gasteiger partial charge is 0.354 e. The van der Waals surface area contributed by atoms with Gasteiger partial charge >= 0.3 is 12.0 Å². The van der Waals surface area contributed by atoms with Crippen molar-refractivity contribution in [3.63, 3.8) is 0 Å². The number of hydrogen-bond donors (Lipinski definition) is 5. The molecule has 5 N–H and O–H groups in total. The van der Waals surface area contributed by atoms with Crippen LogP contribution in [0.25, 0.3) is 10.9 Å². The van der Waals surface area contributed by atoms with E-state index in [1.165, 1.54) is 12.1 Å². The molecule has 13 nitrogen and oxygen atoms in total. The first-order chi connectivity index (χ1) is 18.8. The van der Waals surface area contributed by atoms with Crippen molar-refractivity contribution in [2.75, 3.05) is 11.9 Å². The monoisotopic (exact) mass is 534 g/mol. The van der Waals surface area contributed by atoms with Gasteiger partial charge < -0.3 is 30.5 Å². The lowest BCUT2D eigenvalue weighted by atomic mass is 9.93. The van der Waals surface area contributed by atoms with E-state index >= 15 is 0 Å². The number of aromatic amines is 1. The third-order valence-corrected chi connectivity index (χ3v) is 5.90. The molecule has 0 fully saturated rings. The van der Waals surface area contributed by atoms with Crippen LogP contribution in [-0.4, -0.2) is 44.8 Å². The number of allylic oxidation sites excluding steroid dienone is 1. The third kappa shape index (κ3) is 5.39. The summed E-state index contributed by atoms with van der Waals surface area (Å²) in [6.07, 6.45) is 1.63. The quantitative estimate of drug-likeness (QED) is 0.229. The number of nitrogens with zero attached hydrogens (tertiary/aromatic N) is 3. The van der Waals surface area contributed by atoms with Crippen molar-refractivity contribution in [3.05, 3.63) is 76.7 Å². The van der Waals surface area contributed by atoms with Crippen molar-refractivity contribution >= 4 is 34.4 Å². The molecular formula is C25H23FN8O5. The lowest BCUT2D eigenvalue weighted by Crippen LogP contribution is -2.46. The van der Waals surface area contributed by atoms with Gasteiger partial charge in [-0.05, 0) is 54.9 Å². The second-order valence-corrected chi connectivity index (χ2v) is 8.52. The number of halogens is 1. The van der Waals surface area contributed by atoms with Crippen LogP contribution in [0.15, 0.2) is 58.4 Å². The maximum Gasteiger partial charge on any atom is 0.354 e. The summed E-state index contributed by atoms with van der Waals surface area (Å²) in [5.74, 6) is -1.98. The Labute approximate surface area is 220 Å². The highest BCUT2D eigenvalue weighted by Crippen LogP contribution is 2.29. The van der Waals surface area contributed by atoms with E-state index in [2.05, 4.69) is 41.6 Å². The first-order valence-electron chi connectivity index (χ1n) is 11.9. The van der Waals surface area contributed by atoms with Gasteiger partial charge in [0.1, 0.15) is 5.82 Å². The zero-order valence-corrected chi connectivity index (χ0v) is 20.8. The zero-order valence-electron chi connectivity index (χ0n) is 20.8. The number of ether oxygens (including phenoxy) is 1. The predicted molar refractivity (Wildman–Crippen MR) is 135 cm³/mol. The Kier molecular flexibility index (Phi) is 6.91. The Morgan fingerprint density at radius 2 is 2.03 bits per heavy atom. The van der Waals surface area contributed by atoms with Gasteiger partial charge in [-0.25, -0.2) is 9.18 Å². The van der Waals surface area contributed by atoms with Gasteiger partial charge in [0.2, 0.25) is 5.89 Å². The second kappa shape index (κ2) is 10.6. The highest BCUT2D eigenvalue weighted by molar-refractivity contribution is 6.07.